The van der Waals surface area contributed by atoms with Crippen molar-refractivity contribution in [2.75, 3.05) is 39.4 Å². The molecule has 2 N–H and O–H groups in total. The van der Waals surface area contributed by atoms with Crippen LogP contribution in [-0.2, 0) is 9.59 Å². The largest absolute Gasteiger partial charge is 0.395 e. The van der Waals surface area contributed by atoms with Gasteiger partial charge in [0.05, 0.1) is 19.8 Å². The average Bonchev–Trinajstić information content (AvgIpc) is 2.65. The van der Waals surface area contributed by atoms with Gasteiger partial charge in [-0.1, -0.05) is 0 Å². The minimum atomic E-state index is -0.246. The van der Waals surface area contributed by atoms with Crippen molar-refractivity contribution in [3.8, 4) is 0 Å². The predicted octanol–water partition coefficient (Wildman–Crippen LogP) is -1.58. The van der Waals surface area contributed by atoms with Crippen LogP contribution in [0.5, 0.6) is 0 Å². The predicted molar refractivity (Wildman–Crippen MR) is 56.6 cm³/mol. The molecule has 0 aliphatic carbocycles. The summed E-state index contributed by atoms with van der Waals surface area (Å²) in [4.78, 5) is 25.9. The fourth-order valence-electron chi connectivity index (χ4n) is 1.74. The minimum Gasteiger partial charge on any atom is -0.395 e. The molecule has 1 rings (SSSR count). The third-order valence-electron chi connectivity index (χ3n) is 2.57. The summed E-state index contributed by atoms with van der Waals surface area (Å²) in [7, 11) is 0. The number of likely N-dealkylation sites (tertiary alicyclic amines) is 1. The van der Waals surface area contributed by atoms with E-state index in [1.54, 1.807) is 4.90 Å². The number of carbonyl (C=O) groups is 2. The molecule has 0 spiro atoms. The summed E-state index contributed by atoms with van der Waals surface area (Å²) in [6, 6.07) is 0. The fraction of sp³-hybridized carbons (Fsp3) is 0.800. The Labute approximate surface area is 94.4 Å². The van der Waals surface area contributed by atoms with E-state index < -0.39 is 0 Å². The summed E-state index contributed by atoms with van der Waals surface area (Å²) in [5.74, 6) is -0.373. The van der Waals surface area contributed by atoms with Crippen LogP contribution in [0.4, 0.5) is 0 Å². The maximum atomic E-state index is 11.7. The van der Waals surface area contributed by atoms with Gasteiger partial charge in [0.2, 0.25) is 11.8 Å². The zero-order chi connectivity index (χ0) is 12.0. The van der Waals surface area contributed by atoms with Gasteiger partial charge < -0.3 is 10.2 Å². The summed E-state index contributed by atoms with van der Waals surface area (Å²) in [6.07, 6.45) is 1.16. The van der Waals surface area contributed by atoms with E-state index in [0.29, 0.717) is 26.1 Å². The van der Waals surface area contributed by atoms with Gasteiger partial charge in [-0.2, -0.15) is 0 Å². The van der Waals surface area contributed by atoms with Crippen LogP contribution in [0.25, 0.3) is 0 Å². The van der Waals surface area contributed by atoms with E-state index in [9.17, 15) is 9.59 Å². The van der Waals surface area contributed by atoms with Crippen molar-refractivity contribution in [2.45, 2.75) is 12.8 Å². The molecule has 92 valence electrons. The average molecular weight is 230 g/mol. The monoisotopic (exact) mass is 230 g/mol. The van der Waals surface area contributed by atoms with E-state index in [0.717, 1.165) is 6.42 Å². The van der Waals surface area contributed by atoms with Crippen molar-refractivity contribution < 1.29 is 19.8 Å². The van der Waals surface area contributed by atoms with Crippen molar-refractivity contribution in [2.24, 2.45) is 0 Å². The maximum absolute atomic E-state index is 11.7. The molecule has 0 aromatic carbocycles. The molecule has 1 fully saturated rings. The van der Waals surface area contributed by atoms with Crippen LogP contribution < -0.4 is 0 Å². The second-order valence-electron chi connectivity index (χ2n) is 3.77. The first-order valence-electron chi connectivity index (χ1n) is 5.46. The third-order valence-corrected chi connectivity index (χ3v) is 2.57. The quantitative estimate of drug-likeness (QED) is 0.575. The molecule has 1 saturated heterocycles. The molecule has 2 amide bonds. The topological polar surface area (TPSA) is 81.1 Å². The third kappa shape index (κ3) is 3.55. The maximum Gasteiger partial charge on any atom is 0.243 e. The SMILES string of the molecule is O=C1CCCN1C(=O)CN(CCO)CCO. The molecule has 1 heterocycles. The molecule has 6 heteroatoms. The molecule has 0 saturated carbocycles. The molecule has 0 aromatic rings. The first-order valence-corrected chi connectivity index (χ1v) is 5.46. The van der Waals surface area contributed by atoms with Gasteiger partial charge in [-0.15, -0.1) is 0 Å². The van der Waals surface area contributed by atoms with E-state index in [1.807, 2.05) is 0 Å². The van der Waals surface area contributed by atoms with Gasteiger partial charge in [0.1, 0.15) is 0 Å². The highest BCUT2D eigenvalue weighted by molar-refractivity contribution is 5.97. The molecular formula is C10H18N2O4. The summed E-state index contributed by atoms with van der Waals surface area (Å²) in [5.41, 5.74) is 0. The normalized spacial score (nSPS) is 16.2. The van der Waals surface area contributed by atoms with E-state index in [-0.39, 0.29) is 31.6 Å². The Morgan fingerprint density at radius 2 is 1.94 bits per heavy atom. The molecule has 0 bridgehead atoms. The van der Waals surface area contributed by atoms with E-state index in [1.165, 1.54) is 4.90 Å². The lowest BCUT2D eigenvalue weighted by atomic mass is 10.4. The number of aliphatic hydroxyl groups excluding tert-OH is 2. The van der Waals surface area contributed by atoms with Crippen molar-refractivity contribution >= 4 is 11.8 Å². The van der Waals surface area contributed by atoms with Crippen LogP contribution in [0.15, 0.2) is 0 Å². The van der Waals surface area contributed by atoms with Crippen molar-refractivity contribution in [3.63, 3.8) is 0 Å². The van der Waals surface area contributed by atoms with Gasteiger partial charge >= 0.3 is 0 Å². The molecule has 6 nitrogen and oxygen atoms in total. The summed E-state index contributed by atoms with van der Waals surface area (Å²) in [6.45, 7) is 1.09. The number of imide groups is 1. The highest BCUT2D eigenvalue weighted by Gasteiger charge is 2.27. The Hall–Kier alpha value is -0.980. The van der Waals surface area contributed by atoms with E-state index in [4.69, 9.17) is 10.2 Å². The summed E-state index contributed by atoms with van der Waals surface area (Å²) < 4.78 is 0. The first-order chi connectivity index (χ1) is 7.69. The zero-order valence-corrected chi connectivity index (χ0v) is 9.26. The van der Waals surface area contributed by atoms with E-state index in [2.05, 4.69) is 0 Å². The van der Waals surface area contributed by atoms with Gasteiger partial charge in [-0.3, -0.25) is 19.4 Å². The van der Waals surface area contributed by atoms with Crippen LogP contribution in [0.2, 0.25) is 0 Å². The molecule has 0 unspecified atom stereocenters. The summed E-state index contributed by atoms with van der Waals surface area (Å²) in [5, 5.41) is 17.6. The molecule has 0 radical (unpaired) electrons. The smallest absolute Gasteiger partial charge is 0.243 e. The number of amides is 2. The Kier molecular flexibility index (Phi) is 5.37. The Morgan fingerprint density at radius 1 is 1.31 bits per heavy atom. The standard InChI is InChI=1S/C10H18N2O4/c13-6-4-11(5-7-14)8-10(16)12-3-1-2-9(12)15/h13-14H,1-8H2. The van der Waals surface area contributed by atoms with Gasteiger partial charge in [-0.25, -0.2) is 0 Å². The number of rotatable bonds is 6. The number of nitrogens with zero attached hydrogens (tertiary/aromatic N) is 2. The van der Waals surface area contributed by atoms with Crippen molar-refractivity contribution in [1.29, 1.82) is 0 Å². The summed E-state index contributed by atoms with van der Waals surface area (Å²) >= 11 is 0. The Morgan fingerprint density at radius 3 is 2.38 bits per heavy atom. The first kappa shape index (κ1) is 13.1. The molecule has 1 aliphatic heterocycles. The number of hydrogen-bond donors (Lipinski definition) is 2. The number of carbonyl (C=O) groups excluding carboxylic acids is 2. The minimum absolute atomic E-state index is 0.0682. The lowest BCUT2D eigenvalue weighted by Crippen LogP contribution is -2.42. The van der Waals surface area contributed by atoms with Crippen LogP contribution in [0, 0.1) is 0 Å². The highest BCUT2D eigenvalue weighted by atomic mass is 16.3. The van der Waals surface area contributed by atoms with Gasteiger partial charge in [0.15, 0.2) is 0 Å². The molecular weight excluding hydrogens is 212 g/mol. The Bertz CT molecular complexity index is 251. The van der Waals surface area contributed by atoms with Crippen LogP contribution in [0.1, 0.15) is 12.8 Å². The number of aliphatic hydroxyl groups is 2. The molecule has 0 atom stereocenters. The highest BCUT2D eigenvalue weighted by Crippen LogP contribution is 2.10. The lowest BCUT2D eigenvalue weighted by Gasteiger charge is -2.22. The van der Waals surface area contributed by atoms with Gasteiger partial charge in [0.25, 0.3) is 0 Å². The second kappa shape index (κ2) is 6.57. The fourth-order valence-corrected chi connectivity index (χ4v) is 1.74. The molecule has 0 aromatic heterocycles. The van der Waals surface area contributed by atoms with Gasteiger partial charge in [0, 0.05) is 26.1 Å². The van der Waals surface area contributed by atoms with Crippen LogP contribution in [-0.4, -0.2) is 71.2 Å². The van der Waals surface area contributed by atoms with E-state index >= 15 is 0 Å². The Balaban J connectivity index is 2.43. The van der Waals surface area contributed by atoms with Crippen molar-refractivity contribution in [3.05, 3.63) is 0 Å². The molecule has 1 aliphatic rings. The number of hydrogen-bond acceptors (Lipinski definition) is 5. The van der Waals surface area contributed by atoms with Crippen LogP contribution >= 0.6 is 0 Å². The van der Waals surface area contributed by atoms with Crippen molar-refractivity contribution in [1.82, 2.24) is 9.80 Å². The zero-order valence-electron chi connectivity index (χ0n) is 9.26. The second-order valence-corrected chi connectivity index (χ2v) is 3.77. The van der Waals surface area contributed by atoms with Gasteiger partial charge in [-0.05, 0) is 6.42 Å². The lowest BCUT2D eigenvalue weighted by molar-refractivity contribution is -0.142. The molecule has 16 heavy (non-hydrogen) atoms. The van der Waals surface area contributed by atoms with Crippen LogP contribution in [0.3, 0.4) is 0 Å².